The van der Waals surface area contributed by atoms with E-state index in [-0.39, 0.29) is 6.04 Å². The molecule has 0 aliphatic rings. The average molecular weight is 334 g/mol. The van der Waals surface area contributed by atoms with Crippen LogP contribution in [0.3, 0.4) is 0 Å². The van der Waals surface area contributed by atoms with Crippen LogP contribution in [-0.2, 0) is 11.3 Å². The topological polar surface area (TPSA) is 76.1 Å². The second kappa shape index (κ2) is 8.03. The Morgan fingerprint density at radius 3 is 2.65 bits per heavy atom. The summed E-state index contributed by atoms with van der Waals surface area (Å²) in [7, 11) is 0. The van der Waals surface area contributed by atoms with E-state index in [1.54, 1.807) is 0 Å². The van der Waals surface area contributed by atoms with Gasteiger partial charge in [-0.05, 0) is 37.9 Å². The predicted octanol–water partition coefficient (Wildman–Crippen LogP) is 2.89. The van der Waals surface area contributed by atoms with E-state index in [9.17, 15) is 4.79 Å². The largest absolute Gasteiger partial charge is 0.444 e. The van der Waals surface area contributed by atoms with Gasteiger partial charge in [-0.2, -0.15) is 0 Å². The van der Waals surface area contributed by atoms with E-state index in [2.05, 4.69) is 20.2 Å². The highest BCUT2D eigenvalue weighted by molar-refractivity contribution is 7.03. The van der Waals surface area contributed by atoms with Crippen molar-refractivity contribution >= 4 is 17.6 Å². The van der Waals surface area contributed by atoms with Gasteiger partial charge in [0.1, 0.15) is 5.60 Å². The molecule has 1 aromatic heterocycles. The summed E-state index contributed by atoms with van der Waals surface area (Å²) < 4.78 is 9.17. The Labute approximate surface area is 140 Å². The fraction of sp³-hybridized carbons (Fsp3) is 0.438. The Hall–Kier alpha value is -1.99. The van der Waals surface area contributed by atoms with E-state index in [0.29, 0.717) is 13.1 Å². The van der Waals surface area contributed by atoms with Crippen LogP contribution in [-0.4, -0.2) is 27.8 Å². The van der Waals surface area contributed by atoms with Gasteiger partial charge in [0.05, 0.1) is 11.7 Å². The average Bonchev–Trinajstić information content (AvgIpc) is 2.98. The van der Waals surface area contributed by atoms with Gasteiger partial charge in [-0.1, -0.05) is 34.8 Å². The van der Waals surface area contributed by atoms with Gasteiger partial charge in [0, 0.05) is 18.5 Å². The maximum atomic E-state index is 12.1. The number of carbonyl (C=O) groups is 1. The first-order valence-corrected chi connectivity index (χ1v) is 8.29. The molecule has 1 amide bonds. The van der Waals surface area contributed by atoms with E-state index >= 15 is 0 Å². The van der Waals surface area contributed by atoms with Crippen molar-refractivity contribution in [2.75, 3.05) is 6.54 Å². The molecule has 1 atom stereocenters. The molecule has 0 aliphatic carbocycles. The molecular weight excluding hydrogens is 312 g/mol. The van der Waals surface area contributed by atoms with Crippen molar-refractivity contribution in [3.63, 3.8) is 0 Å². The first-order chi connectivity index (χ1) is 10.9. The van der Waals surface area contributed by atoms with Gasteiger partial charge in [0.15, 0.2) is 0 Å². The lowest BCUT2D eigenvalue weighted by atomic mass is 10.1. The van der Waals surface area contributed by atoms with E-state index in [1.807, 2.05) is 56.5 Å². The lowest BCUT2D eigenvalue weighted by Gasteiger charge is -2.24. The predicted molar refractivity (Wildman–Crippen MR) is 90.2 cm³/mol. The molecule has 6 nitrogen and oxygen atoms in total. The Morgan fingerprint density at radius 2 is 2.04 bits per heavy atom. The molecule has 2 N–H and O–H groups in total. The zero-order valence-corrected chi connectivity index (χ0v) is 14.4. The van der Waals surface area contributed by atoms with E-state index < -0.39 is 11.7 Å². The van der Waals surface area contributed by atoms with Crippen molar-refractivity contribution in [3.05, 3.63) is 47.0 Å². The van der Waals surface area contributed by atoms with Gasteiger partial charge in [0.2, 0.25) is 0 Å². The molecule has 23 heavy (non-hydrogen) atoms. The van der Waals surface area contributed by atoms with Crippen LogP contribution in [0.15, 0.2) is 35.7 Å². The minimum absolute atomic E-state index is 0.183. The van der Waals surface area contributed by atoms with Crippen LogP contribution in [0.5, 0.6) is 0 Å². The Balaban J connectivity index is 1.96. The zero-order chi connectivity index (χ0) is 16.7. The molecule has 1 aromatic carbocycles. The maximum Gasteiger partial charge on any atom is 0.408 e. The number of ether oxygens (including phenoxy) is 1. The van der Waals surface area contributed by atoms with Gasteiger partial charge in [-0.25, -0.2) is 4.79 Å². The third-order valence-corrected chi connectivity index (χ3v) is 3.51. The summed E-state index contributed by atoms with van der Waals surface area (Å²) in [6.07, 6.45) is -0.427. The number of hydrogen-bond donors (Lipinski definition) is 2. The summed E-state index contributed by atoms with van der Waals surface area (Å²) in [5, 5.41) is 12.1. The highest BCUT2D eigenvalue weighted by Gasteiger charge is 2.20. The lowest BCUT2D eigenvalue weighted by Crippen LogP contribution is -2.39. The summed E-state index contributed by atoms with van der Waals surface area (Å²) in [5.41, 5.74) is 1.38. The van der Waals surface area contributed by atoms with Crippen LogP contribution in [0.25, 0.3) is 0 Å². The number of carbonyl (C=O) groups excluding carboxylic acids is 1. The molecule has 0 saturated carbocycles. The first-order valence-electron chi connectivity index (χ1n) is 7.45. The number of alkyl carbamates (subject to hydrolysis) is 1. The summed E-state index contributed by atoms with van der Waals surface area (Å²) in [5.74, 6) is 0. The highest BCUT2D eigenvalue weighted by atomic mass is 32.1. The highest BCUT2D eigenvalue weighted by Crippen LogP contribution is 2.14. The first kappa shape index (κ1) is 17.4. The van der Waals surface area contributed by atoms with Crippen LogP contribution in [0, 0.1) is 0 Å². The molecule has 0 radical (unpaired) electrons. The third-order valence-electron chi connectivity index (χ3n) is 2.95. The second-order valence-corrected chi connectivity index (χ2v) is 6.75. The van der Waals surface area contributed by atoms with Crippen LogP contribution >= 0.6 is 11.5 Å². The van der Waals surface area contributed by atoms with Crippen molar-refractivity contribution in [1.29, 1.82) is 0 Å². The van der Waals surface area contributed by atoms with Crippen LogP contribution in [0.1, 0.15) is 38.1 Å². The van der Waals surface area contributed by atoms with Gasteiger partial charge >= 0.3 is 6.09 Å². The number of hydrogen-bond acceptors (Lipinski definition) is 6. The van der Waals surface area contributed by atoms with Crippen LogP contribution in [0.4, 0.5) is 4.79 Å². The molecule has 0 fully saturated rings. The third kappa shape index (κ3) is 6.33. The molecule has 1 heterocycles. The molecule has 0 spiro atoms. The van der Waals surface area contributed by atoms with Crippen molar-refractivity contribution in [1.82, 2.24) is 20.2 Å². The Morgan fingerprint density at radius 1 is 1.30 bits per heavy atom. The summed E-state index contributed by atoms with van der Waals surface area (Å²) in [4.78, 5) is 12.1. The quantitative estimate of drug-likeness (QED) is 0.849. The smallest absolute Gasteiger partial charge is 0.408 e. The zero-order valence-electron chi connectivity index (χ0n) is 13.6. The van der Waals surface area contributed by atoms with Crippen LogP contribution in [0.2, 0.25) is 0 Å². The monoisotopic (exact) mass is 334 g/mol. The van der Waals surface area contributed by atoms with Gasteiger partial charge in [-0.3, -0.25) is 0 Å². The molecule has 2 aromatic rings. The standard InChI is InChI=1S/C16H22N4O2S/c1-16(2,3)22-15(21)18-14(12-7-5-4-6-8-12)10-17-9-13-11-23-20-19-13/h4-8,11,14,17H,9-10H2,1-3H3,(H,18,21). The molecular formula is C16H22N4O2S. The molecule has 0 saturated heterocycles. The fourth-order valence-corrected chi connectivity index (χ4v) is 2.44. The van der Waals surface area contributed by atoms with E-state index in [1.165, 1.54) is 11.5 Å². The Bertz CT molecular complexity index is 596. The SMILES string of the molecule is CC(C)(C)OC(=O)NC(CNCc1csnn1)c1ccccc1. The summed E-state index contributed by atoms with van der Waals surface area (Å²) in [6, 6.07) is 9.62. The van der Waals surface area contributed by atoms with Crippen molar-refractivity contribution in [2.24, 2.45) is 0 Å². The van der Waals surface area contributed by atoms with Gasteiger partial charge in [0.25, 0.3) is 0 Å². The number of rotatable bonds is 6. The van der Waals surface area contributed by atoms with Gasteiger partial charge < -0.3 is 15.4 Å². The number of benzene rings is 1. The minimum Gasteiger partial charge on any atom is -0.444 e. The fourth-order valence-electron chi connectivity index (χ4n) is 1.99. The molecule has 7 heteroatoms. The summed E-state index contributed by atoms with van der Waals surface area (Å²) >= 11 is 1.32. The lowest BCUT2D eigenvalue weighted by molar-refractivity contribution is 0.0503. The van der Waals surface area contributed by atoms with Gasteiger partial charge in [-0.15, -0.1) is 5.10 Å². The summed E-state index contributed by atoms with van der Waals surface area (Å²) in [6.45, 7) is 6.71. The molecule has 0 aliphatic heterocycles. The normalized spacial score (nSPS) is 12.7. The Kier molecular flexibility index (Phi) is 6.06. The van der Waals surface area contributed by atoms with Crippen molar-refractivity contribution in [3.8, 4) is 0 Å². The van der Waals surface area contributed by atoms with E-state index in [4.69, 9.17) is 4.74 Å². The molecule has 0 bridgehead atoms. The molecule has 124 valence electrons. The minimum atomic E-state index is -0.523. The van der Waals surface area contributed by atoms with E-state index in [0.717, 1.165) is 11.3 Å². The second-order valence-electron chi connectivity index (χ2n) is 6.14. The van der Waals surface area contributed by atoms with Crippen LogP contribution < -0.4 is 10.6 Å². The van der Waals surface area contributed by atoms with Crippen molar-refractivity contribution in [2.45, 2.75) is 39.0 Å². The number of amides is 1. The molecule has 2 rings (SSSR count). The maximum absolute atomic E-state index is 12.1. The number of aromatic nitrogens is 2. The molecule has 1 unspecified atom stereocenters. The van der Waals surface area contributed by atoms with Crippen molar-refractivity contribution < 1.29 is 9.53 Å². The number of nitrogens with zero attached hydrogens (tertiary/aromatic N) is 2. The number of nitrogens with one attached hydrogen (secondary N) is 2.